The largest absolute Gasteiger partial charge is 0.363 e. The van der Waals surface area contributed by atoms with Crippen LogP contribution in [-0.2, 0) is 5.41 Å². The number of thiophene rings is 1. The number of hydrogen-bond donors (Lipinski definition) is 1. The van der Waals surface area contributed by atoms with E-state index in [2.05, 4.69) is 138 Å². The smallest absolute Gasteiger partial charge is 0.104 e. The van der Waals surface area contributed by atoms with Crippen molar-refractivity contribution in [3.63, 3.8) is 0 Å². The Bertz CT molecular complexity index is 1980. The molecule has 1 N–H and O–H groups in total. The van der Waals surface area contributed by atoms with Gasteiger partial charge in [-0.2, -0.15) is 5.26 Å². The van der Waals surface area contributed by atoms with Gasteiger partial charge >= 0.3 is 0 Å². The minimum absolute atomic E-state index is 0.213. The lowest BCUT2D eigenvalue weighted by molar-refractivity contribution is 0.727. The lowest BCUT2D eigenvalue weighted by Crippen LogP contribution is -2.31. The van der Waals surface area contributed by atoms with Crippen molar-refractivity contribution < 1.29 is 0 Å². The summed E-state index contributed by atoms with van der Waals surface area (Å²) in [5.74, 6) is 0. The van der Waals surface area contributed by atoms with Gasteiger partial charge in [0.1, 0.15) is 12.2 Å². The summed E-state index contributed by atoms with van der Waals surface area (Å²) in [4.78, 5) is 2.42. The first-order valence-corrected chi connectivity index (χ1v) is 15.0. The zero-order chi connectivity index (χ0) is 27.6. The average Bonchev–Trinajstić information content (AvgIpc) is 3.72. The molecule has 5 aromatic carbocycles. The van der Waals surface area contributed by atoms with Crippen molar-refractivity contribution in [1.29, 1.82) is 5.26 Å². The highest BCUT2D eigenvalue weighted by atomic mass is 32.1. The minimum atomic E-state index is -0.500. The highest BCUT2D eigenvalue weighted by molar-refractivity contribution is 7.17. The third-order valence-corrected chi connectivity index (χ3v) is 9.78. The molecule has 0 amide bonds. The number of benzene rings is 5. The monoisotopic (exact) mass is 545 g/mol. The number of anilines is 3. The number of fused-ring (bicyclic) bond motifs is 6. The van der Waals surface area contributed by atoms with E-state index >= 15 is 0 Å². The zero-order valence-electron chi connectivity index (χ0n) is 22.6. The molecule has 0 radical (unpaired) electrons. The van der Waals surface area contributed by atoms with Crippen LogP contribution in [0.25, 0.3) is 21.2 Å². The predicted molar refractivity (Wildman–Crippen MR) is 170 cm³/mol. The van der Waals surface area contributed by atoms with Crippen molar-refractivity contribution >= 4 is 38.5 Å². The number of nitriles is 1. The van der Waals surface area contributed by atoms with Gasteiger partial charge in [-0.15, -0.1) is 11.3 Å². The number of nitrogens with one attached hydrogen (secondary N) is 1. The summed E-state index contributed by atoms with van der Waals surface area (Å²) in [6.45, 7) is 2.22. The summed E-state index contributed by atoms with van der Waals surface area (Å²) < 4.78 is 1.15. The van der Waals surface area contributed by atoms with Crippen molar-refractivity contribution in [1.82, 2.24) is 0 Å². The molecule has 1 aromatic heterocycles. The summed E-state index contributed by atoms with van der Waals surface area (Å²) in [7, 11) is 0. The molecule has 41 heavy (non-hydrogen) atoms. The Balaban J connectivity index is 1.39. The van der Waals surface area contributed by atoms with Crippen molar-refractivity contribution in [2.45, 2.75) is 24.9 Å². The van der Waals surface area contributed by atoms with Crippen molar-refractivity contribution in [2.75, 3.05) is 10.2 Å². The molecule has 3 nitrogen and oxygen atoms in total. The lowest BCUT2D eigenvalue weighted by atomic mass is 9.67. The van der Waals surface area contributed by atoms with Gasteiger partial charge in [-0.3, -0.25) is 0 Å². The molecule has 2 unspecified atom stereocenters. The van der Waals surface area contributed by atoms with Crippen LogP contribution < -0.4 is 10.2 Å². The molecule has 0 saturated carbocycles. The fourth-order valence-electron chi connectivity index (χ4n) is 7.15. The maximum absolute atomic E-state index is 10.1. The Hall–Kier alpha value is -4.85. The summed E-state index contributed by atoms with van der Waals surface area (Å²) in [5, 5.41) is 16.8. The van der Waals surface area contributed by atoms with E-state index in [-0.39, 0.29) is 6.17 Å². The van der Waals surface area contributed by atoms with Gasteiger partial charge in [0.2, 0.25) is 0 Å². The first kappa shape index (κ1) is 24.0. The normalized spacial score (nSPS) is 18.4. The Morgan fingerprint density at radius 3 is 2.34 bits per heavy atom. The topological polar surface area (TPSA) is 39.1 Å². The summed E-state index contributed by atoms with van der Waals surface area (Å²) in [6.07, 6.45) is 1.20. The second kappa shape index (κ2) is 9.09. The van der Waals surface area contributed by atoms with E-state index in [9.17, 15) is 5.26 Å². The molecule has 6 aromatic rings. The Morgan fingerprint density at radius 2 is 1.54 bits per heavy atom. The molecule has 0 bridgehead atoms. The number of nitrogens with zero attached hydrogens (tertiary/aromatic N) is 2. The second-order valence-electron chi connectivity index (χ2n) is 10.8. The minimum Gasteiger partial charge on any atom is -0.363 e. The van der Waals surface area contributed by atoms with Gasteiger partial charge in [0.15, 0.2) is 0 Å². The molecular formula is C37H27N3S. The highest BCUT2D eigenvalue weighted by Crippen LogP contribution is 2.58. The quantitative estimate of drug-likeness (QED) is 0.239. The molecule has 1 aliphatic carbocycles. The van der Waals surface area contributed by atoms with Crippen LogP contribution in [0.2, 0.25) is 0 Å². The van der Waals surface area contributed by atoms with Gasteiger partial charge in [0.05, 0.1) is 22.4 Å². The molecule has 2 aliphatic rings. The molecule has 0 fully saturated rings. The van der Waals surface area contributed by atoms with Crippen molar-refractivity contribution in [2.24, 2.45) is 0 Å². The molecule has 2 atom stereocenters. The summed E-state index contributed by atoms with van der Waals surface area (Å²) in [5.41, 5.74) is 11.2. The molecule has 2 heterocycles. The zero-order valence-corrected chi connectivity index (χ0v) is 23.5. The first-order valence-electron chi connectivity index (χ1n) is 14.1. The van der Waals surface area contributed by atoms with E-state index in [0.29, 0.717) is 0 Å². The highest BCUT2D eigenvalue weighted by Gasteiger charge is 2.47. The SMILES string of the molecule is CCC1Nc2ccccc2N1c1ccc(C2(c3ccccc3)c3ccccc3-c3c2ccc2scc(C#N)c32)cc1. The van der Waals surface area contributed by atoms with Crippen LogP contribution in [0.5, 0.6) is 0 Å². The molecule has 4 heteroatoms. The maximum atomic E-state index is 10.1. The van der Waals surface area contributed by atoms with E-state index < -0.39 is 5.41 Å². The van der Waals surface area contributed by atoms with Crippen molar-refractivity contribution in [3.8, 4) is 17.2 Å². The number of hydrogen-bond acceptors (Lipinski definition) is 4. The van der Waals surface area contributed by atoms with Crippen LogP contribution in [-0.4, -0.2) is 6.17 Å². The average molecular weight is 546 g/mol. The van der Waals surface area contributed by atoms with E-state index in [1.807, 2.05) is 5.38 Å². The van der Waals surface area contributed by atoms with Gasteiger partial charge in [0.25, 0.3) is 0 Å². The van der Waals surface area contributed by atoms with Crippen LogP contribution in [0.3, 0.4) is 0 Å². The van der Waals surface area contributed by atoms with Gasteiger partial charge in [0, 0.05) is 21.2 Å². The molecule has 8 rings (SSSR count). The van der Waals surface area contributed by atoms with E-state index in [4.69, 9.17) is 0 Å². The predicted octanol–water partition coefficient (Wildman–Crippen LogP) is 9.44. The molecule has 0 saturated heterocycles. The Kier molecular flexibility index (Phi) is 5.32. The van der Waals surface area contributed by atoms with Gasteiger partial charge in [-0.1, -0.05) is 91.9 Å². The van der Waals surface area contributed by atoms with E-state index in [1.54, 1.807) is 11.3 Å². The number of para-hydroxylation sites is 2. The molecular weight excluding hydrogens is 518 g/mol. The van der Waals surface area contributed by atoms with Crippen LogP contribution in [0.4, 0.5) is 17.1 Å². The van der Waals surface area contributed by atoms with Crippen LogP contribution in [0.1, 0.15) is 41.2 Å². The third-order valence-electron chi connectivity index (χ3n) is 8.83. The molecule has 0 spiro atoms. The molecule has 1 aliphatic heterocycles. The summed E-state index contributed by atoms with van der Waals surface area (Å²) >= 11 is 1.65. The number of rotatable bonds is 4. The van der Waals surface area contributed by atoms with Gasteiger partial charge < -0.3 is 10.2 Å². The first-order chi connectivity index (χ1) is 20.3. The van der Waals surface area contributed by atoms with Gasteiger partial charge in [-0.25, -0.2) is 0 Å². The Morgan fingerprint density at radius 1 is 0.805 bits per heavy atom. The standard InChI is InChI=1S/C37H27N3S/c1-2-34-39-31-14-8-9-15-32(31)40(34)27-18-16-26(17-19-27)37(25-10-4-3-5-11-25)29-13-7-6-12-28(29)36-30(37)20-21-33-35(36)24(22-38)23-41-33/h3-21,23,34,39H,2H2,1H3. The third kappa shape index (κ3) is 3.24. The van der Waals surface area contributed by atoms with Crippen molar-refractivity contribution in [3.05, 3.63) is 148 Å². The fourth-order valence-corrected chi connectivity index (χ4v) is 8.04. The Labute approximate surface area is 243 Å². The van der Waals surface area contributed by atoms with Crippen LogP contribution in [0.15, 0.2) is 121 Å². The fraction of sp³-hybridized carbons (Fsp3) is 0.108. The lowest BCUT2D eigenvalue weighted by Gasteiger charge is -2.34. The van der Waals surface area contributed by atoms with E-state index in [0.717, 1.165) is 22.1 Å². The molecule has 196 valence electrons. The van der Waals surface area contributed by atoms with E-state index in [1.165, 1.54) is 50.4 Å². The summed E-state index contributed by atoms with van der Waals surface area (Å²) in [6, 6.07) is 44.3. The maximum Gasteiger partial charge on any atom is 0.104 e. The van der Waals surface area contributed by atoms with Crippen LogP contribution >= 0.6 is 11.3 Å². The second-order valence-corrected chi connectivity index (χ2v) is 11.7. The van der Waals surface area contributed by atoms with Gasteiger partial charge in [-0.05, 0) is 70.1 Å². The van der Waals surface area contributed by atoms with Crippen LogP contribution in [0, 0.1) is 11.3 Å².